The van der Waals surface area contributed by atoms with E-state index in [1.807, 2.05) is 0 Å². The van der Waals surface area contributed by atoms with Gasteiger partial charge in [-0.2, -0.15) is 11.8 Å². The van der Waals surface area contributed by atoms with E-state index in [0.717, 1.165) is 12.5 Å². The van der Waals surface area contributed by atoms with Crippen LogP contribution < -0.4 is 5.32 Å². The Hall–Kier alpha value is -0.470. The minimum atomic E-state index is 0.912. The van der Waals surface area contributed by atoms with Crippen LogP contribution in [0.15, 0.2) is 30.3 Å². The molecule has 1 aliphatic heterocycles. The molecule has 2 heteroatoms. The third kappa shape index (κ3) is 3.88. The Balaban J connectivity index is 1.66. The fraction of sp³-hybridized carbons (Fsp3) is 0.538. The largest absolute Gasteiger partial charge is 0.312 e. The van der Waals surface area contributed by atoms with Gasteiger partial charge in [-0.05, 0) is 42.4 Å². The number of hydrogen-bond donors (Lipinski definition) is 1. The molecule has 0 radical (unpaired) electrons. The summed E-state index contributed by atoms with van der Waals surface area (Å²) in [5.41, 5.74) is 1.39. The van der Waals surface area contributed by atoms with Gasteiger partial charge < -0.3 is 5.32 Å². The Morgan fingerprint density at radius 2 is 1.87 bits per heavy atom. The Morgan fingerprint density at radius 1 is 1.13 bits per heavy atom. The lowest BCUT2D eigenvalue weighted by atomic mass is 10.0. The normalized spacial score (nSPS) is 17.9. The molecule has 1 aromatic rings. The van der Waals surface area contributed by atoms with Gasteiger partial charge >= 0.3 is 0 Å². The summed E-state index contributed by atoms with van der Waals surface area (Å²) in [7, 11) is 0. The maximum atomic E-state index is 3.56. The second kappa shape index (κ2) is 6.19. The zero-order chi connectivity index (χ0) is 10.3. The molecule has 0 bridgehead atoms. The van der Waals surface area contributed by atoms with Crippen LogP contribution in [0.1, 0.15) is 18.4 Å². The summed E-state index contributed by atoms with van der Waals surface area (Å²) in [5.74, 6) is 3.63. The first-order valence-electron chi connectivity index (χ1n) is 5.77. The zero-order valence-electron chi connectivity index (χ0n) is 9.11. The minimum absolute atomic E-state index is 0.912. The lowest BCUT2D eigenvalue weighted by Gasteiger charge is -2.21. The van der Waals surface area contributed by atoms with Crippen molar-refractivity contribution in [3.05, 3.63) is 35.9 Å². The van der Waals surface area contributed by atoms with Gasteiger partial charge in [0.05, 0.1) is 0 Å². The van der Waals surface area contributed by atoms with E-state index in [4.69, 9.17) is 0 Å². The highest BCUT2D eigenvalue weighted by Gasteiger charge is 2.12. The first-order valence-corrected chi connectivity index (χ1v) is 6.93. The maximum Gasteiger partial charge on any atom is 0.0205 e. The predicted octanol–water partition coefficient (Wildman–Crippen LogP) is 2.92. The fourth-order valence-corrected chi connectivity index (χ4v) is 3.17. The molecule has 2 rings (SSSR count). The van der Waals surface area contributed by atoms with Crippen LogP contribution in [0.5, 0.6) is 0 Å². The van der Waals surface area contributed by atoms with Crippen molar-refractivity contribution in [2.75, 3.05) is 18.1 Å². The highest BCUT2D eigenvalue weighted by atomic mass is 32.2. The van der Waals surface area contributed by atoms with E-state index < -0.39 is 0 Å². The summed E-state index contributed by atoms with van der Waals surface area (Å²) < 4.78 is 0. The van der Waals surface area contributed by atoms with Crippen LogP contribution in [-0.4, -0.2) is 18.1 Å². The van der Waals surface area contributed by atoms with E-state index in [0.29, 0.717) is 0 Å². The maximum absolute atomic E-state index is 3.56. The molecule has 0 spiro atoms. The lowest BCUT2D eigenvalue weighted by molar-refractivity contribution is 0.447. The molecule has 1 N–H and O–H groups in total. The molecule has 0 atom stereocenters. The number of thioether (sulfide) groups is 1. The van der Waals surface area contributed by atoms with E-state index in [9.17, 15) is 0 Å². The predicted molar refractivity (Wildman–Crippen MR) is 68.2 cm³/mol. The first kappa shape index (κ1) is 11.0. The Kier molecular flexibility index (Phi) is 4.55. The van der Waals surface area contributed by atoms with Crippen molar-refractivity contribution < 1.29 is 0 Å². The Labute approximate surface area is 96.7 Å². The van der Waals surface area contributed by atoms with Gasteiger partial charge in [0.15, 0.2) is 0 Å². The standard InChI is InChI=1S/C13H19NS/c1-2-4-12(5-3-1)10-14-11-13-6-8-15-9-7-13/h1-5,13-14H,6-11H2. The molecule has 82 valence electrons. The quantitative estimate of drug-likeness (QED) is 0.839. The van der Waals surface area contributed by atoms with Crippen LogP contribution in [-0.2, 0) is 6.54 Å². The van der Waals surface area contributed by atoms with Crippen LogP contribution in [0.25, 0.3) is 0 Å². The van der Waals surface area contributed by atoms with E-state index in [-0.39, 0.29) is 0 Å². The van der Waals surface area contributed by atoms with Gasteiger partial charge in [-0.25, -0.2) is 0 Å². The second-order valence-corrected chi connectivity index (χ2v) is 5.40. The highest BCUT2D eigenvalue weighted by Crippen LogP contribution is 2.21. The van der Waals surface area contributed by atoms with Crippen LogP contribution in [0.4, 0.5) is 0 Å². The smallest absolute Gasteiger partial charge is 0.0205 e. The monoisotopic (exact) mass is 221 g/mol. The SMILES string of the molecule is c1ccc(CNCC2CCSCC2)cc1. The molecule has 1 nitrogen and oxygen atoms in total. The highest BCUT2D eigenvalue weighted by molar-refractivity contribution is 7.99. The van der Waals surface area contributed by atoms with E-state index in [1.54, 1.807) is 0 Å². The third-order valence-corrected chi connectivity index (χ3v) is 3.99. The minimum Gasteiger partial charge on any atom is -0.312 e. The van der Waals surface area contributed by atoms with E-state index in [1.165, 1.54) is 36.5 Å². The molecule has 1 aromatic carbocycles. The van der Waals surface area contributed by atoms with Crippen molar-refractivity contribution in [3.63, 3.8) is 0 Å². The molecule has 0 saturated carbocycles. The Morgan fingerprint density at radius 3 is 2.60 bits per heavy atom. The van der Waals surface area contributed by atoms with Gasteiger partial charge in [-0.15, -0.1) is 0 Å². The average molecular weight is 221 g/mol. The Bertz CT molecular complexity index is 267. The molecule has 0 aliphatic carbocycles. The lowest BCUT2D eigenvalue weighted by Crippen LogP contribution is -2.25. The molecular formula is C13H19NS. The average Bonchev–Trinajstić information content (AvgIpc) is 2.32. The molecular weight excluding hydrogens is 202 g/mol. The zero-order valence-corrected chi connectivity index (χ0v) is 9.93. The molecule has 0 amide bonds. The van der Waals surface area contributed by atoms with Crippen LogP contribution in [0.3, 0.4) is 0 Å². The second-order valence-electron chi connectivity index (χ2n) is 4.17. The number of hydrogen-bond acceptors (Lipinski definition) is 2. The molecule has 1 fully saturated rings. The molecule has 0 aromatic heterocycles. The van der Waals surface area contributed by atoms with Crippen molar-refractivity contribution in [2.45, 2.75) is 19.4 Å². The van der Waals surface area contributed by atoms with Crippen molar-refractivity contribution in [2.24, 2.45) is 5.92 Å². The summed E-state index contributed by atoms with van der Waals surface area (Å²) in [6.45, 7) is 2.21. The van der Waals surface area contributed by atoms with Crippen LogP contribution in [0, 0.1) is 5.92 Å². The van der Waals surface area contributed by atoms with Gasteiger partial charge in [0.2, 0.25) is 0 Å². The third-order valence-electron chi connectivity index (χ3n) is 2.95. The topological polar surface area (TPSA) is 12.0 Å². The van der Waals surface area contributed by atoms with E-state index in [2.05, 4.69) is 47.4 Å². The summed E-state index contributed by atoms with van der Waals surface area (Å²) in [6.07, 6.45) is 2.79. The van der Waals surface area contributed by atoms with Crippen molar-refractivity contribution in [3.8, 4) is 0 Å². The summed E-state index contributed by atoms with van der Waals surface area (Å²) >= 11 is 2.10. The van der Waals surface area contributed by atoms with E-state index >= 15 is 0 Å². The van der Waals surface area contributed by atoms with Crippen LogP contribution >= 0.6 is 11.8 Å². The van der Waals surface area contributed by atoms with Crippen molar-refractivity contribution in [1.29, 1.82) is 0 Å². The van der Waals surface area contributed by atoms with Gasteiger partial charge in [-0.1, -0.05) is 30.3 Å². The molecule has 15 heavy (non-hydrogen) atoms. The van der Waals surface area contributed by atoms with Gasteiger partial charge in [0.25, 0.3) is 0 Å². The van der Waals surface area contributed by atoms with Gasteiger partial charge in [0.1, 0.15) is 0 Å². The number of benzene rings is 1. The number of nitrogens with one attached hydrogen (secondary N) is 1. The molecule has 1 heterocycles. The van der Waals surface area contributed by atoms with Crippen molar-refractivity contribution in [1.82, 2.24) is 5.32 Å². The molecule has 0 unspecified atom stereocenters. The van der Waals surface area contributed by atoms with Crippen LogP contribution in [0.2, 0.25) is 0 Å². The van der Waals surface area contributed by atoms with Crippen molar-refractivity contribution >= 4 is 11.8 Å². The summed E-state index contributed by atoms with van der Waals surface area (Å²) in [6, 6.07) is 10.7. The van der Waals surface area contributed by atoms with Gasteiger partial charge in [0, 0.05) is 6.54 Å². The molecule has 1 saturated heterocycles. The summed E-state index contributed by atoms with van der Waals surface area (Å²) in [4.78, 5) is 0. The summed E-state index contributed by atoms with van der Waals surface area (Å²) in [5, 5.41) is 3.56. The number of rotatable bonds is 4. The fourth-order valence-electron chi connectivity index (χ4n) is 1.97. The van der Waals surface area contributed by atoms with Gasteiger partial charge in [-0.3, -0.25) is 0 Å². The first-order chi connectivity index (χ1) is 7.45. The molecule has 1 aliphatic rings.